The van der Waals surface area contributed by atoms with Gasteiger partial charge in [0.05, 0.1) is 12.0 Å². The molecule has 0 bridgehead atoms. The molecule has 0 aliphatic heterocycles. The molecule has 6 N–H and O–H groups in total. The van der Waals surface area contributed by atoms with Gasteiger partial charge in [-0.15, -0.1) is 0 Å². The van der Waals surface area contributed by atoms with Gasteiger partial charge >= 0.3 is 5.97 Å². The highest BCUT2D eigenvalue weighted by molar-refractivity contribution is 7.89. The van der Waals surface area contributed by atoms with Crippen LogP contribution in [-0.2, 0) is 14.8 Å². The van der Waals surface area contributed by atoms with Crippen LogP contribution in [0.2, 0.25) is 0 Å². The van der Waals surface area contributed by atoms with Gasteiger partial charge in [-0.25, -0.2) is 8.42 Å². The summed E-state index contributed by atoms with van der Waals surface area (Å²) < 4.78 is 32.6. The fourth-order valence-corrected chi connectivity index (χ4v) is 3.75. The third kappa shape index (κ3) is 5.56. The molecule has 0 amide bonds. The maximum Gasteiger partial charge on any atom is 0.321 e. The maximum atomic E-state index is 12.6. The molecule has 2 aromatic carbocycles. The number of hydrogen-bond acceptors (Lipinski definition) is 5. The van der Waals surface area contributed by atoms with E-state index in [0.29, 0.717) is 17.6 Å². The normalized spacial score (nSPS) is 12.5. The van der Waals surface area contributed by atoms with Crippen molar-refractivity contribution < 1.29 is 23.1 Å². The molecule has 0 heterocycles. The fourth-order valence-electron chi connectivity index (χ4n) is 2.49. The smallest absolute Gasteiger partial charge is 0.321 e. The number of hydrogen-bond donors (Lipinski definition) is 4. The Morgan fingerprint density at radius 3 is 2.56 bits per heavy atom. The lowest BCUT2D eigenvalue weighted by atomic mass is 10.1. The van der Waals surface area contributed by atoms with Crippen LogP contribution >= 0.6 is 0 Å². The molecule has 1 atom stereocenters. The largest absolute Gasteiger partial charge is 0.497 e. The zero-order valence-corrected chi connectivity index (χ0v) is 15.6. The standard InChI is InChI=1S/C17H22N4O5S/c1-26-13-6-4-11-5-7-14(10-12(11)9-13)27(24,25)21-15(16(22)23)3-2-8-20-17(18)19/h4-7,9-10,15,21H,2-3,8H2,1H3,(H,22,23)(H4,18,19,20)/t15-/m0/s1. The van der Waals surface area contributed by atoms with E-state index in [1.165, 1.54) is 19.2 Å². The van der Waals surface area contributed by atoms with Crippen LogP contribution in [0.4, 0.5) is 0 Å². The zero-order valence-electron chi connectivity index (χ0n) is 14.8. The summed E-state index contributed by atoms with van der Waals surface area (Å²) >= 11 is 0. The predicted octanol–water partition coefficient (Wildman–Crippen LogP) is 0.634. The molecule has 0 saturated heterocycles. The zero-order chi connectivity index (χ0) is 20.0. The number of aliphatic carboxylic acids is 1. The van der Waals surface area contributed by atoms with Gasteiger partial charge in [-0.2, -0.15) is 4.72 Å². The number of aliphatic imine (C=N–C) groups is 1. The molecule has 0 radical (unpaired) electrons. The van der Waals surface area contributed by atoms with Gasteiger partial charge in [0.1, 0.15) is 11.8 Å². The molecule has 9 nitrogen and oxygen atoms in total. The highest BCUT2D eigenvalue weighted by Gasteiger charge is 2.25. The minimum atomic E-state index is -4.03. The number of nitrogens with zero attached hydrogens (tertiary/aromatic N) is 1. The predicted molar refractivity (Wildman–Crippen MR) is 102 cm³/mol. The lowest BCUT2D eigenvalue weighted by Gasteiger charge is -2.15. The first-order valence-corrected chi connectivity index (χ1v) is 9.59. The molecule has 146 valence electrons. The minimum absolute atomic E-state index is 0.0290. The van der Waals surface area contributed by atoms with Crippen LogP contribution in [0.5, 0.6) is 5.75 Å². The summed E-state index contributed by atoms with van der Waals surface area (Å²) in [5, 5.41) is 10.8. The third-order valence-corrected chi connectivity index (χ3v) is 5.34. The van der Waals surface area contributed by atoms with Crippen molar-refractivity contribution in [2.45, 2.75) is 23.8 Å². The van der Waals surface area contributed by atoms with Gasteiger partial charge < -0.3 is 21.3 Å². The van der Waals surface area contributed by atoms with Gasteiger partial charge in [-0.1, -0.05) is 12.1 Å². The van der Waals surface area contributed by atoms with Gasteiger partial charge in [0, 0.05) is 6.54 Å². The Hall–Kier alpha value is -2.85. The second-order valence-electron chi connectivity index (χ2n) is 5.84. The number of ether oxygens (including phenoxy) is 1. The van der Waals surface area contributed by atoms with E-state index in [-0.39, 0.29) is 23.8 Å². The minimum Gasteiger partial charge on any atom is -0.497 e. The maximum absolute atomic E-state index is 12.6. The lowest BCUT2D eigenvalue weighted by Crippen LogP contribution is -2.40. The van der Waals surface area contributed by atoms with Gasteiger partial charge in [0.25, 0.3) is 0 Å². The number of nitrogens with two attached hydrogens (primary N) is 2. The van der Waals surface area contributed by atoms with Crippen molar-refractivity contribution in [2.75, 3.05) is 13.7 Å². The molecule has 0 aliphatic rings. The first kappa shape index (κ1) is 20.5. The number of carbonyl (C=O) groups is 1. The van der Waals surface area contributed by atoms with Crippen LogP contribution < -0.4 is 20.9 Å². The first-order valence-electron chi connectivity index (χ1n) is 8.11. The van der Waals surface area contributed by atoms with Crippen molar-refractivity contribution in [1.29, 1.82) is 0 Å². The van der Waals surface area contributed by atoms with Gasteiger partial charge in [0.15, 0.2) is 5.96 Å². The molecule has 10 heteroatoms. The first-order chi connectivity index (χ1) is 12.7. The summed E-state index contributed by atoms with van der Waals surface area (Å²) in [5.74, 6) is -0.784. The van der Waals surface area contributed by atoms with Gasteiger partial charge in [-0.3, -0.25) is 9.79 Å². The monoisotopic (exact) mass is 394 g/mol. The molecule has 0 spiro atoms. The number of nitrogens with one attached hydrogen (secondary N) is 1. The van der Waals surface area contributed by atoms with Crippen LogP contribution in [0.1, 0.15) is 12.8 Å². The summed E-state index contributed by atoms with van der Waals surface area (Å²) in [6.07, 6.45) is 0.360. The van der Waals surface area contributed by atoms with Crippen LogP contribution in [0, 0.1) is 0 Å². The molecule has 0 unspecified atom stereocenters. The molecule has 0 aliphatic carbocycles. The van der Waals surface area contributed by atoms with Crippen molar-refractivity contribution in [3.05, 3.63) is 36.4 Å². The highest BCUT2D eigenvalue weighted by Crippen LogP contribution is 2.24. The summed E-state index contributed by atoms with van der Waals surface area (Å²) in [4.78, 5) is 15.1. The number of methoxy groups -OCH3 is 1. The second kappa shape index (κ2) is 8.69. The number of rotatable bonds is 9. The second-order valence-corrected chi connectivity index (χ2v) is 7.55. The van der Waals surface area contributed by atoms with E-state index in [0.717, 1.165) is 5.39 Å². The van der Waals surface area contributed by atoms with E-state index in [2.05, 4.69) is 9.71 Å². The Balaban J connectivity index is 2.21. The highest BCUT2D eigenvalue weighted by atomic mass is 32.2. The summed E-state index contributed by atoms with van der Waals surface area (Å²) in [7, 11) is -2.51. The van der Waals surface area contributed by atoms with E-state index in [4.69, 9.17) is 16.2 Å². The molecule has 2 rings (SSSR count). The van der Waals surface area contributed by atoms with Crippen LogP contribution in [0.25, 0.3) is 10.8 Å². The number of sulfonamides is 1. The SMILES string of the molecule is COc1ccc2ccc(S(=O)(=O)N[C@@H](CCCN=C(N)N)C(=O)O)cc2c1. The van der Waals surface area contributed by atoms with Crippen molar-refractivity contribution in [1.82, 2.24) is 4.72 Å². The third-order valence-electron chi connectivity index (χ3n) is 3.87. The summed E-state index contributed by atoms with van der Waals surface area (Å²) in [5.41, 5.74) is 10.4. The topological polar surface area (TPSA) is 157 Å². The summed E-state index contributed by atoms with van der Waals surface area (Å²) in [6.45, 7) is 0.212. The number of benzene rings is 2. The summed E-state index contributed by atoms with van der Waals surface area (Å²) in [6, 6.07) is 8.54. The van der Waals surface area contributed by atoms with Gasteiger partial charge in [0.2, 0.25) is 10.0 Å². The van der Waals surface area contributed by atoms with E-state index in [1.54, 1.807) is 18.2 Å². The number of fused-ring (bicyclic) bond motifs is 1. The van der Waals surface area contributed by atoms with Crippen molar-refractivity contribution in [2.24, 2.45) is 16.5 Å². The lowest BCUT2D eigenvalue weighted by molar-refractivity contribution is -0.139. The fraction of sp³-hybridized carbons (Fsp3) is 0.294. The number of carboxylic acids is 1. The van der Waals surface area contributed by atoms with E-state index in [1.807, 2.05) is 6.07 Å². The molecule has 0 saturated carbocycles. The van der Waals surface area contributed by atoms with Crippen molar-refractivity contribution in [3.63, 3.8) is 0 Å². The molecule has 0 fully saturated rings. The Morgan fingerprint density at radius 2 is 1.93 bits per heavy atom. The van der Waals surface area contributed by atoms with Crippen LogP contribution in [0.3, 0.4) is 0 Å². The number of carboxylic acid groups (broad SMARTS) is 1. The molecular formula is C17H22N4O5S. The Bertz CT molecular complexity index is 955. The molecule has 2 aromatic rings. The molecule has 27 heavy (non-hydrogen) atoms. The van der Waals surface area contributed by atoms with E-state index < -0.39 is 22.0 Å². The van der Waals surface area contributed by atoms with Gasteiger partial charge in [-0.05, 0) is 47.9 Å². The molecule has 0 aromatic heterocycles. The van der Waals surface area contributed by atoms with E-state index >= 15 is 0 Å². The average molecular weight is 394 g/mol. The Morgan fingerprint density at radius 1 is 1.22 bits per heavy atom. The van der Waals surface area contributed by atoms with Crippen molar-refractivity contribution >= 4 is 32.7 Å². The number of guanidine groups is 1. The van der Waals surface area contributed by atoms with Crippen LogP contribution in [0.15, 0.2) is 46.3 Å². The Kier molecular flexibility index (Phi) is 6.59. The Labute approximate surface area is 157 Å². The quantitative estimate of drug-likeness (QED) is 0.276. The average Bonchev–Trinajstić information content (AvgIpc) is 2.62. The van der Waals surface area contributed by atoms with E-state index in [9.17, 15) is 18.3 Å². The molecular weight excluding hydrogens is 372 g/mol. The van der Waals surface area contributed by atoms with Crippen molar-refractivity contribution in [3.8, 4) is 5.75 Å². The van der Waals surface area contributed by atoms with Crippen LogP contribution in [-0.4, -0.2) is 45.1 Å².